The summed E-state index contributed by atoms with van der Waals surface area (Å²) < 4.78 is 0. The number of hydrogen-bond donors (Lipinski definition) is 3. The molecule has 0 saturated heterocycles. The predicted molar refractivity (Wildman–Crippen MR) is 126 cm³/mol. The predicted octanol–water partition coefficient (Wildman–Crippen LogP) is 5.38. The summed E-state index contributed by atoms with van der Waals surface area (Å²) in [7, 11) is 0. The number of nitrogens with one attached hydrogen (secondary N) is 3. The van der Waals surface area contributed by atoms with E-state index in [0.29, 0.717) is 10.1 Å². The van der Waals surface area contributed by atoms with E-state index >= 15 is 0 Å². The summed E-state index contributed by atoms with van der Waals surface area (Å²) in [6.45, 7) is 4.09. The number of aryl methyl sites for hydroxylation is 1. The third-order valence-electron chi connectivity index (χ3n) is 4.96. The third-order valence-corrected chi connectivity index (χ3v) is 5.50. The Morgan fingerprint density at radius 1 is 0.929 bits per heavy atom. The second-order valence-corrected chi connectivity index (χ2v) is 7.78. The molecule has 1 aliphatic heterocycles. The van der Waals surface area contributed by atoms with Crippen LogP contribution in [0.3, 0.4) is 0 Å². The molecule has 0 unspecified atom stereocenters. The number of fused-ring (bicyclic) bond motifs is 1. The average Bonchev–Trinajstić information content (AvgIpc) is 2.68. The summed E-state index contributed by atoms with van der Waals surface area (Å²) in [5.41, 5.74) is 5.31. The van der Waals surface area contributed by atoms with E-state index in [9.17, 15) is 0 Å². The van der Waals surface area contributed by atoms with E-state index in [-0.39, 0.29) is 6.04 Å². The van der Waals surface area contributed by atoms with Crippen LogP contribution < -0.4 is 16.0 Å². The highest BCUT2D eigenvalue weighted by Gasteiger charge is 2.28. The lowest BCUT2D eigenvalue weighted by Gasteiger charge is -2.32. The largest absolute Gasteiger partial charge is 0.351 e. The van der Waals surface area contributed by atoms with Crippen LogP contribution in [0.2, 0.25) is 0 Å². The number of rotatable bonds is 3. The molecule has 0 amide bonds. The minimum Gasteiger partial charge on any atom is -0.351 e. The number of anilines is 1. The van der Waals surface area contributed by atoms with Gasteiger partial charge in [-0.3, -0.25) is 0 Å². The maximum absolute atomic E-state index is 5.81. The molecule has 0 spiro atoms. The average molecular weight is 404 g/mol. The molecule has 0 aromatic heterocycles. The molecule has 0 saturated carbocycles. The van der Waals surface area contributed by atoms with Crippen LogP contribution in [-0.4, -0.2) is 10.1 Å². The van der Waals surface area contributed by atoms with E-state index in [1.54, 1.807) is 0 Å². The summed E-state index contributed by atoms with van der Waals surface area (Å²) in [5, 5.41) is 13.0. The lowest BCUT2D eigenvalue weighted by Crippen LogP contribution is -2.45. The molecule has 4 rings (SSSR count). The van der Waals surface area contributed by atoms with E-state index in [1.807, 2.05) is 19.1 Å². The Kier molecular flexibility index (Phi) is 5.11. The zero-order chi connectivity index (χ0) is 19.7. The number of allylic oxidation sites excluding steroid dienone is 1. The quantitative estimate of drug-likeness (QED) is 0.512. The molecule has 1 atom stereocenters. The van der Waals surface area contributed by atoms with Gasteiger partial charge in [-0.05, 0) is 54.5 Å². The van der Waals surface area contributed by atoms with Crippen molar-refractivity contribution in [1.29, 1.82) is 0 Å². The lowest BCUT2D eigenvalue weighted by atomic mass is 9.91. The molecule has 0 bridgehead atoms. The zero-order valence-electron chi connectivity index (χ0n) is 15.7. The number of hydrogen-bond acceptors (Lipinski definition) is 2. The van der Waals surface area contributed by atoms with Crippen molar-refractivity contribution in [3.05, 3.63) is 89.1 Å². The molecule has 0 aliphatic carbocycles. The Balaban J connectivity index is 1.76. The van der Waals surface area contributed by atoms with Crippen LogP contribution >= 0.6 is 24.4 Å². The first-order chi connectivity index (χ1) is 13.5. The summed E-state index contributed by atoms with van der Waals surface area (Å²) >= 11 is 11.3. The van der Waals surface area contributed by atoms with Crippen LogP contribution in [0.5, 0.6) is 0 Å². The molecule has 3 N–H and O–H groups in total. The fourth-order valence-electron chi connectivity index (χ4n) is 3.57. The number of benzene rings is 3. The first-order valence-corrected chi connectivity index (χ1v) is 9.98. The Bertz CT molecular complexity index is 1100. The molecule has 5 heteroatoms. The maximum Gasteiger partial charge on any atom is 0.171 e. The topological polar surface area (TPSA) is 36.1 Å². The van der Waals surface area contributed by atoms with Gasteiger partial charge in [0.25, 0.3) is 0 Å². The van der Waals surface area contributed by atoms with E-state index in [2.05, 4.69) is 77.5 Å². The van der Waals surface area contributed by atoms with Gasteiger partial charge in [-0.15, -0.1) is 0 Å². The van der Waals surface area contributed by atoms with Crippen molar-refractivity contribution >= 4 is 51.0 Å². The van der Waals surface area contributed by atoms with Crippen molar-refractivity contribution in [2.45, 2.75) is 19.9 Å². The van der Waals surface area contributed by atoms with Gasteiger partial charge < -0.3 is 16.0 Å². The molecular formula is C23H21N3S2. The maximum atomic E-state index is 5.81. The highest BCUT2D eigenvalue weighted by atomic mass is 32.1. The van der Waals surface area contributed by atoms with Gasteiger partial charge in [-0.25, -0.2) is 0 Å². The van der Waals surface area contributed by atoms with Gasteiger partial charge in [0.1, 0.15) is 4.99 Å². The molecule has 3 aromatic carbocycles. The van der Waals surface area contributed by atoms with Crippen molar-refractivity contribution in [2.75, 3.05) is 5.32 Å². The van der Waals surface area contributed by atoms with Gasteiger partial charge in [0.15, 0.2) is 5.11 Å². The van der Waals surface area contributed by atoms with Crippen LogP contribution in [-0.2, 0) is 0 Å². The molecule has 1 heterocycles. The lowest BCUT2D eigenvalue weighted by molar-refractivity contribution is 0.722. The van der Waals surface area contributed by atoms with Crippen LogP contribution in [0.15, 0.2) is 78.0 Å². The van der Waals surface area contributed by atoms with Gasteiger partial charge in [0.2, 0.25) is 0 Å². The highest BCUT2D eigenvalue weighted by molar-refractivity contribution is 7.81. The molecular weight excluding hydrogens is 382 g/mol. The minimum absolute atomic E-state index is 0.120. The first kappa shape index (κ1) is 18.6. The first-order valence-electron chi connectivity index (χ1n) is 9.17. The third kappa shape index (κ3) is 3.63. The van der Waals surface area contributed by atoms with Crippen LogP contribution in [0, 0.1) is 6.92 Å². The summed E-state index contributed by atoms with van der Waals surface area (Å²) in [6, 6.07) is 22.8. The van der Waals surface area contributed by atoms with E-state index in [1.165, 1.54) is 16.3 Å². The van der Waals surface area contributed by atoms with Gasteiger partial charge in [0.05, 0.1) is 6.04 Å². The molecule has 28 heavy (non-hydrogen) atoms. The molecule has 1 aliphatic rings. The minimum atomic E-state index is -0.120. The van der Waals surface area contributed by atoms with Crippen molar-refractivity contribution in [3.63, 3.8) is 0 Å². The number of thiocarbonyl (C=S) groups is 2. The summed E-state index contributed by atoms with van der Waals surface area (Å²) in [6.07, 6.45) is 0. The normalized spacial score (nSPS) is 16.5. The Hall–Kier alpha value is -2.76. The Morgan fingerprint density at radius 3 is 2.43 bits per heavy atom. The molecule has 3 nitrogen and oxygen atoms in total. The SMILES string of the molecule is CC1=C(C(=S)Nc2ccc(C)cc2)[C@@H](c2cccc3ccccc23)NC(=S)N1. The van der Waals surface area contributed by atoms with Gasteiger partial charge >= 0.3 is 0 Å². The smallest absolute Gasteiger partial charge is 0.171 e. The monoisotopic (exact) mass is 403 g/mol. The Labute approximate surface area is 175 Å². The molecule has 0 radical (unpaired) electrons. The van der Waals surface area contributed by atoms with Gasteiger partial charge in [-0.2, -0.15) is 0 Å². The van der Waals surface area contributed by atoms with E-state index in [4.69, 9.17) is 24.4 Å². The zero-order valence-corrected chi connectivity index (χ0v) is 17.4. The summed E-state index contributed by atoms with van der Waals surface area (Å²) in [5.74, 6) is 0. The Morgan fingerprint density at radius 2 is 1.64 bits per heavy atom. The van der Waals surface area contributed by atoms with Crippen molar-refractivity contribution < 1.29 is 0 Å². The highest BCUT2D eigenvalue weighted by Crippen LogP contribution is 2.33. The van der Waals surface area contributed by atoms with Gasteiger partial charge in [-0.1, -0.05) is 72.4 Å². The molecule has 140 valence electrons. The fraction of sp³-hybridized carbons (Fsp3) is 0.130. The standard InChI is InChI=1S/C23H21N3S2/c1-14-10-12-17(13-11-14)25-22(27)20-15(2)24-23(28)26-21(20)19-9-5-7-16-6-3-4-8-18(16)19/h3-13,21H,1-2H3,(H,25,27)(H2,24,26,28)/t21-/m1/s1. The van der Waals surface area contributed by atoms with Crippen LogP contribution in [0.25, 0.3) is 10.8 Å². The molecule has 3 aromatic rings. The van der Waals surface area contributed by atoms with Crippen molar-refractivity contribution in [3.8, 4) is 0 Å². The van der Waals surface area contributed by atoms with Crippen molar-refractivity contribution in [1.82, 2.24) is 10.6 Å². The molecule has 0 fully saturated rings. The van der Waals surface area contributed by atoms with Crippen LogP contribution in [0.4, 0.5) is 5.69 Å². The van der Waals surface area contributed by atoms with E-state index < -0.39 is 0 Å². The second-order valence-electron chi connectivity index (χ2n) is 6.96. The van der Waals surface area contributed by atoms with Gasteiger partial charge in [0, 0.05) is 17.0 Å². The van der Waals surface area contributed by atoms with E-state index in [0.717, 1.165) is 22.5 Å². The summed E-state index contributed by atoms with van der Waals surface area (Å²) in [4.78, 5) is 0.682. The fourth-order valence-corrected chi connectivity index (χ4v) is 4.23. The van der Waals surface area contributed by atoms with Crippen molar-refractivity contribution in [2.24, 2.45) is 0 Å². The van der Waals surface area contributed by atoms with Crippen LogP contribution in [0.1, 0.15) is 24.1 Å². The second kappa shape index (κ2) is 7.70.